The highest BCUT2D eigenvalue weighted by Gasteiger charge is 2.30. The van der Waals surface area contributed by atoms with Crippen LogP contribution in [0.4, 0.5) is 11.8 Å². The van der Waals surface area contributed by atoms with Crippen LogP contribution in [0, 0.1) is 6.92 Å². The Balaban J connectivity index is 1.66. The van der Waals surface area contributed by atoms with Gasteiger partial charge in [-0.2, -0.15) is 4.98 Å². The van der Waals surface area contributed by atoms with Crippen LogP contribution in [0.1, 0.15) is 69.2 Å². The number of aryl methyl sites for hydroxylation is 1. The zero-order valence-corrected chi connectivity index (χ0v) is 25.0. The highest BCUT2D eigenvalue weighted by atomic mass is 16.5. The van der Waals surface area contributed by atoms with Gasteiger partial charge >= 0.3 is 11.9 Å². The molecule has 0 aliphatic carbocycles. The molecule has 3 rings (SSSR count). The summed E-state index contributed by atoms with van der Waals surface area (Å²) < 4.78 is 21.8. The first kappa shape index (κ1) is 31.9. The number of nitrogen functional groups attached to an aromatic ring is 1. The van der Waals surface area contributed by atoms with Gasteiger partial charge in [0.1, 0.15) is 23.4 Å². The first-order valence-electron chi connectivity index (χ1n) is 14.4. The van der Waals surface area contributed by atoms with Crippen LogP contribution >= 0.6 is 0 Å². The predicted octanol–water partition coefficient (Wildman–Crippen LogP) is 3.91. The largest absolute Gasteiger partial charge is 0.496 e. The van der Waals surface area contributed by atoms with E-state index < -0.39 is 0 Å². The number of anilines is 2. The number of ether oxygens (including phenoxy) is 4. The van der Waals surface area contributed by atoms with Gasteiger partial charge in [0.05, 0.1) is 27.4 Å². The van der Waals surface area contributed by atoms with Crippen molar-refractivity contribution in [3.63, 3.8) is 0 Å². The van der Waals surface area contributed by atoms with Crippen LogP contribution in [0.15, 0.2) is 18.2 Å². The summed E-state index contributed by atoms with van der Waals surface area (Å²) in [5, 5.41) is 3.52. The van der Waals surface area contributed by atoms with Gasteiger partial charge in [0, 0.05) is 49.7 Å². The molecular weight excluding hydrogens is 526 g/mol. The monoisotopic (exact) mass is 571 g/mol. The Labute approximate surface area is 243 Å². The quantitative estimate of drug-likeness (QED) is 0.224. The number of rotatable bonds is 16. The third-order valence-electron chi connectivity index (χ3n) is 7.30. The molecule has 2 aromatic rings. The van der Waals surface area contributed by atoms with E-state index in [4.69, 9.17) is 24.7 Å². The van der Waals surface area contributed by atoms with Crippen molar-refractivity contribution in [2.45, 2.75) is 77.8 Å². The molecule has 0 bridgehead atoms. The number of hydrogen-bond donors (Lipinski definition) is 2. The van der Waals surface area contributed by atoms with Gasteiger partial charge in [0.2, 0.25) is 5.95 Å². The van der Waals surface area contributed by atoms with Gasteiger partial charge < -0.3 is 30.0 Å². The first-order valence-corrected chi connectivity index (χ1v) is 14.4. The Morgan fingerprint density at radius 2 is 2.00 bits per heavy atom. The molecule has 1 aromatic carbocycles. The minimum Gasteiger partial charge on any atom is -0.496 e. The second-order valence-electron chi connectivity index (χ2n) is 10.3. The molecule has 2 heterocycles. The fourth-order valence-corrected chi connectivity index (χ4v) is 5.23. The van der Waals surface area contributed by atoms with Crippen LogP contribution in [0.25, 0.3) is 0 Å². The summed E-state index contributed by atoms with van der Waals surface area (Å²) in [7, 11) is 3.08. The number of likely N-dealkylation sites (tertiary alicyclic amines) is 1. The van der Waals surface area contributed by atoms with Crippen molar-refractivity contribution in [1.82, 2.24) is 14.9 Å². The van der Waals surface area contributed by atoms with Gasteiger partial charge in [-0.3, -0.25) is 14.5 Å². The summed E-state index contributed by atoms with van der Waals surface area (Å²) >= 11 is 0. The third-order valence-corrected chi connectivity index (χ3v) is 7.30. The molecule has 1 aromatic heterocycles. The Kier molecular flexibility index (Phi) is 12.5. The first-order chi connectivity index (χ1) is 19.7. The van der Waals surface area contributed by atoms with Crippen molar-refractivity contribution in [1.29, 1.82) is 0 Å². The van der Waals surface area contributed by atoms with Gasteiger partial charge in [-0.15, -0.1) is 0 Å². The van der Waals surface area contributed by atoms with E-state index in [9.17, 15) is 9.59 Å². The molecule has 3 N–H and O–H groups in total. The predicted molar refractivity (Wildman–Crippen MR) is 157 cm³/mol. The minimum absolute atomic E-state index is 0.0629. The molecule has 11 heteroatoms. The van der Waals surface area contributed by atoms with E-state index in [0.717, 1.165) is 62.0 Å². The molecular formula is C30H45N5O6. The van der Waals surface area contributed by atoms with Crippen LogP contribution < -0.4 is 20.5 Å². The molecule has 0 saturated carbocycles. The molecule has 0 spiro atoms. The van der Waals surface area contributed by atoms with Crippen LogP contribution in [0.2, 0.25) is 0 Å². The molecule has 1 aliphatic rings. The van der Waals surface area contributed by atoms with Crippen molar-refractivity contribution in [3.8, 4) is 11.5 Å². The normalized spacial score (nSPS) is 15.8. The van der Waals surface area contributed by atoms with Crippen molar-refractivity contribution >= 4 is 23.7 Å². The summed E-state index contributed by atoms with van der Waals surface area (Å²) in [6, 6.07) is 5.73. The molecule has 2 unspecified atom stereocenters. The average molecular weight is 572 g/mol. The minimum atomic E-state index is -0.290. The SMILES string of the molecule is CCCC(CCOC(C)=O)Nc1nc(N)nc(C)c1Cc1ccc(OCCCN2CCCC2C(=O)OC)cc1OC. The third kappa shape index (κ3) is 9.48. The zero-order chi connectivity index (χ0) is 29.8. The van der Waals surface area contributed by atoms with E-state index in [-0.39, 0.29) is 30.0 Å². The summed E-state index contributed by atoms with van der Waals surface area (Å²) in [6.45, 7) is 7.98. The molecule has 2 atom stereocenters. The molecule has 1 fully saturated rings. The second kappa shape index (κ2) is 16.0. The number of nitrogens with zero attached hydrogens (tertiary/aromatic N) is 3. The molecule has 226 valence electrons. The number of benzene rings is 1. The topological polar surface area (TPSA) is 138 Å². The van der Waals surface area contributed by atoms with Gasteiger partial charge in [-0.1, -0.05) is 19.4 Å². The molecule has 0 amide bonds. The second-order valence-corrected chi connectivity index (χ2v) is 10.3. The van der Waals surface area contributed by atoms with E-state index in [1.165, 1.54) is 14.0 Å². The van der Waals surface area contributed by atoms with Gasteiger partial charge in [0.25, 0.3) is 0 Å². The lowest BCUT2D eigenvalue weighted by Crippen LogP contribution is -2.37. The van der Waals surface area contributed by atoms with E-state index >= 15 is 0 Å². The Bertz CT molecular complexity index is 1160. The lowest BCUT2D eigenvalue weighted by molar-refractivity contribution is -0.146. The lowest BCUT2D eigenvalue weighted by atomic mass is 10.0. The van der Waals surface area contributed by atoms with Gasteiger partial charge in [0.15, 0.2) is 0 Å². The molecule has 1 aliphatic heterocycles. The molecule has 1 saturated heterocycles. The van der Waals surface area contributed by atoms with E-state index in [0.29, 0.717) is 43.4 Å². The van der Waals surface area contributed by atoms with Crippen LogP contribution in [-0.4, -0.2) is 79.4 Å². The highest BCUT2D eigenvalue weighted by molar-refractivity contribution is 5.76. The maximum absolute atomic E-state index is 12.0. The maximum Gasteiger partial charge on any atom is 0.323 e. The van der Waals surface area contributed by atoms with E-state index in [2.05, 4.69) is 27.1 Å². The number of esters is 2. The Morgan fingerprint density at radius 1 is 1.20 bits per heavy atom. The van der Waals surface area contributed by atoms with E-state index in [1.807, 2.05) is 25.1 Å². The van der Waals surface area contributed by atoms with Gasteiger partial charge in [-0.25, -0.2) is 4.98 Å². The number of carbonyl (C=O) groups is 2. The van der Waals surface area contributed by atoms with Crippen molar-refractivity contribution < 1.29 is 28.5 Å². The number of methoxy groups -OCH3 is 2. The lowest BCUT2D eigenvalue weighted by Gasteiger charge is -2.22. The number of nitrogens with one attached hydrogen (secondary N) is 1. The van der Waals surface area contributed by atoms with Crippen LogP contribution in [0.5, 0.6) is 11.5 Å². The number of carbonyl (C=O) groups excluding carboxylic acids is 2. The maximum atomic E-state index is 12.0. The molecule has 11 nitrogen and oxygen atoms in total. The van der Waals surface area contributed by atoms with Crippen molar-refractivity contribution in [2.24, 2.45) is 0 Å². The average Bonchev–Trinajstić information content (AvgIpc) is 3.41. The van der Waals surface area contributed by atoms with E-state index in [1.54, 1.807) is 7.11 Å². The fourth-order valence-electron chi connectivity index (χ4n) is 5.23. The molecule has 41 heavy (non-hydrogen) atoms. The summed E-state index contributed by atoms with van der Waals surface area (Å²) in [5.74, 6) is 1.84. The Morgan fingerprint density at radius 3 is 2.71 bits per heavy atom. The smallest absolute Gasteiger partial charge is 0.323 e. The number of hydrogen-bond acceptors (Lipinski definition) is 11. The summed E-state index contributed by atoms with van der Waals surface area (Å²) in [5.41, 5.74) is 8.68. The van der Waals surface area contributed by atoms with Gasteiger partial charge in [-0.05, 0) is 50.8 Å². The highest BCUT2D eigenvalue weighted by Crippen LogP contribution is 2.30. The number of nitrogens with two attached hydrogens (primary N) is 1. The Hall–Kier alpha value is -3.60. The summed E-state index contributed by atoms with van der Waals surface area (Å²) in [4.78, 5) is 34.3. The number of aromatic nitrogens is 2. The fraction of sp³-hybridized carbons (Fsp3) is 0.600. The van der Waals surface area contributed by atoms with Crippen LogP contribution in [0.3, 0.4) is 0 Å². The molecule has 0 radical (unpaired) electrons. The van der Waals surface area contributed by atoms with Crippen LogP contribution in [-0.2, 0) is 25.5 Å². The summed E-state index contributed by atoms with van der Waals surface area (Å²) in [6.07, 6.45) is 5.69. The van der Waals surface area contributed by atoms with Crippen molar-refractivity contribution in [2.75, 3.05) is 51.6 Å². The zero-order valence-electron chi connectivity index (χ0n) is 25.0. The standard InChI is InChI=1S/C30H45N5O6/c1-6-9-23(13-17-40-21(3)36)33-28-25(20(2)32-30(31)34-28)18-22-11-12-24(19-27(22)38-4)41-16-8-15-35-14-7-10-26(35)29(37)39-5/h11-12,19,23,26H,6-10,13-18H2,1-5H3,(H3,31,32,33,34). The van der Waals surface area contributed by atoms with Crippen molar-refractivity contribution in [3.05, 3.63) is 35.0 Å².